The lowest BCUT2D eigenvalue weighted by atomic mass is 9.91. The Morgan fingerprint density at radius 2 is 2.33 bits per heavy atom. The quantitative estimate of drug-likeness (QED) is 0.513. The monoisotopic (exact) mass is 164 g/mol. The zero-order valence-corrected chi connectivity index (χ0v) is 7.39. The number of hydrogen-bond acceptors (Lipinski definition) is 2. The molecule has 0 aromatic carbocycles. The molecule has 2 nitrogen and oxygen atoms in total. The van der Waals surface area contributed by atoms with Crippen molar-refractivity contribution in [2.75, 3.05) is 0 Å². The molecule has 2 aliphatic rings. The van der Waals surface area contributed by atoms with Crippen molar-refractivity contribution in [2.45, 2.75) is 26.7 Å². The molecule has 0 unspecified atom stereocenters. The average molecular weight is 164 g/mol. The summed E-state index contributed by atoms with van der Waals surface area (Å²) >= 11 is 0. The van der Waals surface area contributed by atoms with E-state index in [1.807, 2.05) is 13.0 Å². The average Bonchev–Trinajstić information content (AvgIpc) is 2.28. The second-order valence-electron chi connectivity index (χ2n) is 3.54. The van der Waals surface area contributed by atoms with Gasteiger partial charge in [0.25, 0.3) is 0 Å². The van der Waals surface area contributed by atoms with E-state index in [0.29, 0.717) is 5.92 Å². The lowest BCUT2D eigenvalue weighted by Crippen LogP contribution is -2.02. The van der Waals surface area contributed by atoms with Gasteiger partial charge in [-0.15, -0.1) is 0 Å². The van der Waals surface area contributed by atoms with Gasteiger partial charge in [0.15, 0.2) is 0 Å². The maximum atomic E-state index is 11.1. The zero-order chi connectivity index (χ0) is 8.72. The van der Waals surface area contributed by atoms with Gasteiger partial charge < -0.3 is 4.74 Å². The third-order valence-electron chi connectivity index (χ3n) is 2.54. The highest BCUT2D eigenvalue weighted by atomic mass is 16.5. The van der Waals surface area contributed by atoms with Crippen LogP contribution in [-0.2, 0) is 9.53 Å². The molecule has 0 spiro atoms. The van der Waals surface area contributed by atoms with Crippen LogP contribution in [0.15, 0.2) is 23.0 Å². The lowest BCUT2D eigenvalue weighted by molar-refractivity contribution is -0.133. The summed E-state index contributed by atoms with van der Waals surface area (Å²) in [5.41, 5.74) is 1.92. The Morgan fingerprint density at radius 1 is 1.58 bits per heavy atom. The number of ether oxygens (including phenoxy) is 1. The molecule has 0 amide bonds. The largest absolute Gasteiger partial charge is 0.423 e. The van der Waals surface area contributed by atoms with Crippen LogP contribution >= 0.6 is 0 Å². The summed E-state index contributed by atoms with van der Waals surface area (Å²) in [6.45, 7) is 3.99. The minimum atomic E-state index is -0.162. The van der Waals surface area contributed by atoms with Crippen molar-refractivity contribution in [3.8, 4) is 0 Å². The van der Waals surface area contributed by atoms with Crippen LogP contribution in [0.1, 0.15) is 26.7 Å². The van der Waals surface area contributed by atoms with E-state index < -0.39 is 0 Å². The first kappa shape index (κ1) is 7.59. The molecule has 2 heteroatoms. The summed E-state index contributed by atoms with van der Waals surface area (Å²) < 4.78 is 5.10. The van der Waals surface area contributed by atoms with Crippen LogP contribution < -0.4 is 0 Å². The number of allylic oxidation sites excluding steroid dienone is 2. The third kappa shape index (κ3) is 0.986. The van der Waals surface area contributed by atoms with Crippen LogP contribution in [-0.4, -0.2) is 5.97 Å². The normalized spacial score (nSPS) is 28.3. The number of rotatable bonds is 0. The van der Waals surface area contributed by atoms with E-state index in [1.165, 1.54) is 0 Å². The van der Waals surface area contributed by atoms with Crippen LogP contribution in [0.5, 0.6) is 0 Å². The van der Waals surface area contributed by atoms with Gasteiger partial charge in [0.2, 0.25) is 0 Å². The Hall–Kier alpha value is -1.05. The minimum absolute atomic E-state index is 0.162. The van der Waals surface area contributed by atoms with Gasteiger partial charge in [-0.3, -0.25) is 0 Å². The molecule has 0 N–H and O–H groups in total. The highest BCUT2D eigenvalue weighted by molar-refractivity contribution is 5.93. The van der Waals surface area contributed by atoms with Gasteiger partial charge in [-0.05, 0) is 31.8 Å². The fourth-order valence-electron chi connectivity index (χ4n) is 1.71. The summed E-state index contributed by atoms with van der Waals surface area (Å²) in [6, 6.07) is 0. The minimum Gasteiger partial charge on any atom is -0.423 e. The predicted molar refractivity (Wildman–Crippen MR) is 45.3 cm³/mol. The van der Waals surface area contributed by atoms with Gasteiger partial charge >= 0.3 is 5.97 Å². The fraction of sp³-hybridized carbons (Fsp3) is 0.500. The first-order valence-corrected chi connectivity index (χ1v) is 4.32. The van der Waals surface area contributed by atoms with Gasteiger partial charge in [-0.2, -0.15) is 0 Å². The molecule has 0 saturated carbocycles. The molecule has 1 aliphatic heterocycles. The van der Waals surface area contributed by atoms with Gasteiger partial charge in [0, 0.05) is 11.1 Å². The van der Waals surface area contributed by atoms with Crippen molar-refractivity contribution in [1.82, 2.24) is 0 Å². The summed E-state index contributed by atoms with van der Waals surface area (Å²) in [7, 11) is 0. The Morgan fingerprint density at radius 3 is 3.08 bits per heavy atom. The summed E-state index contributed by atoms with van der Waals surface area (Å²) in [6.07, 6.45) is 4.17. The molecule has 0 saturated heterocycles. The summed E-state index contributed by atoms with van der Waals surface area (Å²) in [5.74, 6) is 1.20. The maximum Gasteiger partial charge on any atom is 0.339 e. The van der Waals surface area contributed by atoms with E-state index in [-0.39, 0.29) is 5.97 Å². The smallest absolute Gasteiger partial charge is 0.339 e. The standard InChI is InChI=1S/C10H12O2/c1-6-3-4-8-7(2)10(11)12-9(8)5-6/h5-6H,3-4H2,1-2H3/t6-/m0/s1. The van der Waals surface area contributed by atoms with E-state index in [9.17, 15) is 4.79 Å². The van der Waals surface area contributed by atoms with Crippen molar-refractivity contribution >= 4 is 5.97 Å². The molecular weight excluding hydrogens is 152 g/mol. The number of carbonyl (C=O) groups excluding carboxylic acids is 1. The van der Waals surface area contributed by atoms with Gasteiger partial charge in [-0.1, -0.05) is 6.92 Å². The third-order valence-corrected chi connectivity index (χ3v) is 2.54. The number of hydrogen-bond donors (Lipinski definition) is 0. The highest BCUT2D eigenvalue weighted by Gasteiger charge is 2.29. The number of esters is 1. The summed E-state index contributed by atoms with van der Waals surface area (Å²) in [5, 5.41) is 0. The van der Waals surface area contributed by atoms with Gasteiger partial charge in [0.05, 0.1) is 0 Å². The van der Waals surface area contributed by atoms with Crippen LogP contribution in [0.4, 0.5) is 0 Å². The molecule has 0 aromatic heterocycles. The van der Waals surface area contributed by atoms with Crippen LogP contribution in [0.2, 0.25) is 0 Å². The van der Waals surface area contributed by atoms with Gasteiger partial charge in [-0.25, -0.2) is 4.79 Å². The zero-order valence-electron chi connectivity index (χ0n) is 7.39. The first-order chi connectivity index (χ1) is 5.68. The molecule has 0 radical (unpaired) electrons. The van der Waals surface area contributed by atoms with Crippen molar-refractivity contribution in [3.05, 3.63) is 23.0 Å². The van der Waals surface area contributed by atoms with Crippen molar-refractivity contribution < 1.29 is 9.53 Å². The lowest BCUT2D eigenvalue weighted by Gasteiger charge is -2.15. The molecule has 0 bridgehead atoms. The van der Waals surface area contributed by atoms with E-state index >= 15 is 0 Å². The fourth-order valence-corrected chi connectivity index (χ4v) is 1.71. The van der Waals surface area contributed by atoms with Crippen LogP contribution in [0, 0.1) is 5.92 Å². The molecule has 1 aliphatic carbocycles. The van der Waals surface area contributed by atoms with Crippen molar-refractivity contribution in [2.24, 2.45) is 5.92 Å². The van der Waals surface area contributed by atoms with Gasteiger partial charge in [0.1, 0.15) is 5.76 Å². The molecule has 12 heavy (non-hydrogen) atoms. The predicted octanol–water partition coefficient (Wildman–Crippen LogP) is 2.17. The van der Waals surface area contributed by atoms with E-state index in [1.54, 1.807) is 0 Å². The topological polar surface area (TPSA) is 26.3 Å². The maximum absolute atomic E-state index is 11.1. The van der Waals surface area contributed by atoms with Crippen LogP contribution in [0.25, 0.3) is 0 Å². The second-order valence-corrected chi connectivity index (χ2v) is 3.54. The van der Waals surface area contributed by atoms with E-state index in [2.05, 4.69) is 6.92 Å². The van der Waals surface area contributed by atoms with E-state index in [0.717, 1.165) is 29.7 Å². The molecule has 1 heterocycles. The van der Waals surface area contributed by atoms with E-state index in [4.69, 9.17) is 4.74 Å². The number of fused-ring (bicyclic) bond motifs is 1. The van der Waals surface area contributed by atoms with Crippen LogP contribution in [0.3, 0.4) is 0 Å². The Labute approximate surface area is 71.9 Å². The Bertz CT molecular complexity index is 297. The molecule has 0 fully saturated rings. The molecular formula is C10H12O2. The highest BCUT2D eigenvalue weighted by Crippen LogP contribution is 2.35. The first-order valence-electron chi connectivity index (χ1n) is 4.32. The molecule has 0 aromatic rings. The summed E-state index contributed by atoms with van der Waals surface area (Å²) in [4.78, 5) is 11.1. The molecule has 1 atom stereocenters. The molecule has 2 rings (SSSR count). The number of carbonyl (C=O) groups is 1. The molecule has 64 valence electrons. The Kier molecular flexibility index (Phi) is 1.56. The SMILES string of the molecule is CC1=C2CC[C@H](C)C=C2OC1=O. The van der Waals surface area contributed by atoms with Crippen molar-refractivity contribution in [3.63, 3.8) is 0 Å². The van der Waals surface area contributed by atoms with Crippen molar-refractivity contribution in [1.29, 1.82) is 0 Å². The second kappa shape index (κ2) is 2.47. The Balaban J connectivity index is 2.42.